The first-order valence-corrected chi connectivity index (χ1v) is 8.07. The van der Waals surface area contributed by atoms with E-state index in [1.165, 1.54) is 15.2 Å². The van der Waals surface area contributed by atoms with Crippen LogP contribution in [0.5, 0.6) is 0 Å². The van der Waals surface area contributed by atoms with E-state index in [4.69, 9.17) is 0 Å². The summed E-state index contributed by atoms with van der Waals surface area (Å²) >= 11 is 0. The van der Waals surface area contributed by atoms with Crippen molar-refractivity contribution in [1.29, 1.82) is 0 Å². The smallest absolute Gasteiger partial charge is 0.272 e. The Kier molecular flexibility index (Phi) is 4.10. The molecule has 0 bridgehead atoms. The van der Waals surface area contributed by atoms with E-state index in [2.05, 4.69) is 5.10 Å². The van der Waals surface area contributed by atoms with E-state index in [0.29, 0.717) is 26.1 Å². The minimum atomic E-state index is -4.45. The maximum atomic E-state index is 12.4. The number of hydrogen-bond acceptors (Lipinski definition) is 3. The van der Waals surface area contributed by atoms with Crippen molar-refractivity contribution < 1.29 is 21.6 Å². The minimum absolute atomic E-state index is 0.0144. The largest absolute Gasteiger partial charge is 0.435 e. The fraction of sp³-hybridized carbons (Fsp3) is 0.727. The Morgan fingerprint density at radius 3 is 2.70 bits per heavy atom. The molecule has 1 saturated heterocycles. The van der Waals surface area contributed by atoms with Crippen LogP contribution in [0.2, 0.25) is 0 Å². The maximum absolute atomic E-state index is 12.4. The van der Waals surface area contributed by atoms with E-state index in [-0.39, 0.29) is 5.92 Å². The Morgan fingerprint density at radius 2 is 2.15 bits per heavy atom. The highest BCUT2D eigenvalue weighted by Crippen LogP contribution is 2.28. The van der Waals surface area contributed by atoms with Gasteiger partial charge in [-0.2, -0.15) is 18.3 Å². The Balaban J connectivity index is 2.01. The third-order valence-electron chi connectivity index (χ3n) is 3.33. The van der Waals surface area contributed by atoms with Crippen LogP contribution in [-0.4, -0.2) is 41.8 Å². The third kappa shape index (κ3) is 3.72. The lowest BCUT2D eigenvalue weighted by Gasteiger charge is -2.30. The summed E-state index contributed by atoms with van der Waals surface area (Å²) in [6.07, 6.45) is -0.526. The second-order valence-corrected chi connectivity index (χ2v) is 7.03. The second-order valence-electron chi connectivity index (χ2n) is 5.05. The SMILES string of the molecule is CS(=O)(=O)N1CCCC(Cn2ccc(C(F)(F)F)n2)C1. The molecule has 0 aliphatic carbocycles. The fourth-order valence-electron chi connectivity index (χ4n) is 2.36. The Hall–Kier alpha value is -1.09. The van der Waals surface area contributed by atoms with Crippen molar-refractivity contribution in [3.05, 3.63) is 18.0 Å². The molecule has 1 aromatic rings. The van der Waals surface area contributed by atoms with Crippen molar-refractivity contribution in [2.45, 2.75) is 25.6 Å². The Bertz CT molecular complexity index is 568. The molecule has 1 aliphatic heterocycles. The number of hydrogen-bond donors (Lipinski definition) is 0. The van der Waals surface area contributed by atoms with Crippen LogP contribution in [0.3, 0.4) is 0 Å². The molecule has 114 valence electrons. The van der Waals surface area contributed by atoms with Gasteiger partial charge in [-0.25, -0.2) is 12.7 Å². The molecule has 0 spiro atoms. The van der Waals surface area contributed by atoms with Gasteiger partial charge < -0.3 is 0 Å². The van der Waals surface area contributed by atoms with Crippen molar-refractivity contribution in [2.75, 3.05) is 19.3 Å². The van der Waals surface area contributed by atoms with Crippen LogP contribution in [0.4, 0.5) is 13.2 Å². The van der Waals surface area contributed by atoms with Crippen LogP contribution in [-0.2, 0) is 22.7 Å². The van der Waals surface area contributed by atoms with Gasteiger partial charge in [0.25, 0.3) is 0 Å². The zero-order valence-corrected chi connectivity index (χ0v) is 11.8. The molecule has 2 heterocycles. The zero-order chi connectivity index (χ0) is 15.0. The van der Waals surface area contributed by atoms with E-state index in [9.17, 15) is 21.6 Å². The molecule has 20 heavy (non-hydrogen) atoms. The summed E-state index contributed by atoms with van der Waals surface area (Å²) in [5.41, 5.74) is -0.923. The van der Waals surface area contributed by atoms with Gasteiger partial charge in [0.2, 0.25) is 10.0 Å². The number of alkyl halides is 3. The summed E-state index contributed by atoms with van der Waals surface area (Å²) < 4.78 is 62.9. The van der Waals surface area contributed by atoms with Crippen molar-refractivity contribution >= 4 is 10.0 Å². The number of halogens is 3. The number of aromatic nitrogens is 2. The number of sulfonamides is 1. The number of piperidine rings is 1. The third-order valence-corrected chi connectivity index (χ3v) is 4.60. The van der Waals surface area contributed by atoms with Gasteiger partial charge in [-0.3, -0.25) is 4.68 Å². The van der Waals surface area contributed by atoms with E-state index >= 15 is 0 Å². The molecule has 1 aliphatic rings. The average Bonchev–Trinajstić information content (AvgIpc) is 2.76. The summed E-state index contributed by atoms with van der Waals surface area (Å²) in [5, 5.41) is 3.49. The van der Waals surface area contributed by atoms with Gasteiger partial charge in [-0.15, -0.1) is 0 Å². The van der Waals surface area contributed by atoms with Gasteiger partial charge in [-0.1, -0.05) is 0 Å². The lowest BCUT2D eigenvalue weighted by molar-refractivity contribution is -0.141. The molecule has 1 fully saturated rings. The van der Waals surface area contributed by atoms with E-state index in [1.54, 1.807) is 0 Å². The van der Waals surface area contributed by atoms with Gasteiger partial charge in [-0.05, 0) is 24.8 Å². The monoisotopic (exact) mass is 311 g/mol. The topological polar surface area (TPSA) is 55.2 Å². The highest BCUT2D eigenvalue weighted by molar-refractivity contribution is 7.88. The van der Waals surface area contributed by atoms with Gasteiger partial charge in [0.05, 0.1) is 6.26 Å². The standard InChI is InChI=1S/C11H16F3N3O2S/c1-20(18,19)17-5-2-3-9(8-17)7-16-6-4-10(15-16)11(12,13)14/h4,6,9H,2-3,5,7-8H2,1H3. The Labute approximate surface area is 115 Å². The molecule has 1 unspecified atom stereocenters. The summed E-state index contributed by atoms with van der Waals surface area (Å²) in [6.45, 7) is 1.10. The molecular formula is C11H16F3N3O2S. The highest BCUT2D eigenvalue weighted by atomic mass is 32.2. The van der Waals surface area contributed by atoms with E-state index in [0.717, 1.165) is 18.7 Å². The van der Waals surface area contributed by atoms with Crippen LogP contribution in [0.1, 0.15) is 18.5 Å². The molecule has 5 nitrogen and oxygen atoms in total. The second kappa shape index (κ2) is 5.36. The van der Waals surface area contributed by atoms with Crippen molar-refractivity contribution in [1.82, 2.24) is 14.1 Å². The molecule has 0 N–H and O–H groups in total. The average molecular weight is 311 g/mol. The number of nitrogens with zero attached hydrogens (tertiary/aromatic N) is 3. The van der Waals surface area contributed by atoms with Crippen molar-refractivity contribution in [2.24, 2.45) is 5.92 Å². The summed E-state index contributed by atoms with van der Waals surface area (Å²) in [4.78, 5) is 0. The van der Waals surface area contributed by atoms with Crippen molar-refractivity contribution in [3.8, 4) is 0 Å². The van der Waals surface area contributed by atoms with Gasteiger partial charge in [0.15, 0.2) is 5.69 Å². The molecule has 9 heteroatoms. The number of rotatable bonds is 3. The van der Waals surface area contributed by atoms with Crippen LogP contribution in [0.15, 0.2) is 12.3 Å². The van der Waals surface area contributed by atoms with E-state index < -0.39 is 21.9 Å². The molecule has 0 amide bonds. The van der Waals surface area contributed by atoms with Crippen LogP contribution < -0.4 is 0 Å². The Morgan fingerprint density at radius 1 is 1.45 bits per heavy atom. The van der Waals surface area contributed by atoms with Crippen molar-refractivity contribution in [3.63, 3.8) is 0 Å². The first-order valence-electron chi connectivity index (χ1n) is 6.22. The first kappa shape index (κ1) is 15.3. The normalized spacial score (nSPS) is 22.1. The zero-order valence-electron chi connectivity index (χ0n) is 11.0. The summed E-state index contributed by atoms with van der Waals surface area (Å²) in [7, 11) is -3.25. The summed E-state index contributed by atoms with van der Waals surface area (Å²) in [6, 6.07) is 0.928. The van der Waals surface area contributed by atoms with Gasteiger partial charge in [0, 0.05) is 25.8 Å². The lowest BCUT2D eigenvalue weighted by atomic mass is 10.00. The van der Waals surface area contributed by atoms with Crippen LogP contribution in [0, 0.1) is 5.92 Å². The molecule has 1 aromatic heterocycles. The molecular weight excluding hydrogens is 295 g/mol. The lowest BCUT2D eigenvalue weighted by Crippen LogP contribution is -2.40. The quantitative estimate of drug-likeness (QED) is 0.851. The molecule has 0 radical (unpaired) electrons. The highest BCUT2D eigenvalue weighted by Gasteiger charge is 2.34. The molecule has 1 atom stereocenters. The van der Waals surface area contributed by atoms with Gasteiger partial charge >= 0.3 is 6.18 Å². The minimum Gasteiger partial charge on any atom is -0.272 e. The van der Waals surface area contributed by atoms with E-state index in [1.807, 2.05) is 0 Å². The predicted octanol–water partition coefficient (Wildman–Crippen LogP) is 1.57. The van der Waals surface area contributed by atoms with Crippen LogP contribution in [0.25, 0.3) is 0 Å². The summed E-state index contributed by atoms with van der Waals surface area (Å²) in [5.74, 6) is -0.0144. The predicted molar refractivity (Wildman–Crippen MR) is 66.4 cm³/mol. The molecule has 0 aromatic carbocycles. The first-order chi connectivity index (χ1) is 9.16. The fourth-order valence-corrected chi connectivity index (χ4v) is 3.30. The molecule has 0 saturated carbocycles. The van der Waals surface area contributed by atoms with Crippen LogP contribution >= 0.6 is 0 Å². The maximum Gasteiger partial charge on any atom is 0.435 e. The van der Waals surface area contributed by atoms with Gasteiger partial charge in [0.1, 0.15) is 0 Å². The molecule has 2 rings (SSSR count).